The fraction of sp³-hybridized carbons (Fsp3) is 0.273. The Hall–Kier alpha value is -2.86. The molecule has 1 aliphatic heterocycles. The molecule has 1 aromatic heterocycles. The lowest BCUT2D eigenvalue weighted by Crippen LogP contribution is -2.27. The standard InChI is InChI=1S/C22H23N3O2S/c1-2-27-20-7-5-6-18(16-20)17-8-10-19(11-9-17)25-14-15-28-22(25)23-21(26)24-12-3-4-13-24/h5-11,14-16H,2-4,12-13H2,1H3/b23-22-. The molecule has 0 saturated carbocycles. The summed E-state index contributed by atoms with van der Waals surface area (Å²) < 4.78 is 7.55. The molecule has 0 N–H and O–H groups in total. The Bertz CT molecular complexity index is 1010. The molecule has 28 heavy (non-hydrogen) atoms. The molecule has 1 fully saturated rings. The van der Waals surface area contributed by atoms with Crippen LogP contribution in [0.2, 0.25) is 0 Å². The fourth-order valence-electron chi connectivity index (χ4n) is 3.36. The average Bonchev–Trinajstić information content (AvgIpc) is 3.41. The number of amides is 2. The lowest BCUT2D eigenvalue weighted by molar-refractivity contribution is 0.218. The van der Waals surface area contributed by atoms with Crippen LogP contribution < -0.4 is 9.54 Å². The zero-order valence-corrected chi connectivity index (χ0v) is 16.7. The van der Waals surface area contributed by atoms with Gasteiger partial charge in [0.2, 0.25) is 0 Å². The van der Waals surface area contributed by atoms with Crippen molar-refractivity contribution in [3.8, 4) is 22.6 Å². The van der Waals surface area contributed by atoms with Crippen LogP contribution >= 0.6 is 11.3 Å². The molecule has 5 nitrogen and oxygen atoms in total. The molecule has 0 radical (unpaired) electrons. The number of carbonyl (C=O) groups excluding carboxylic acids is 1. The van der Waals surface area contributed by atoms with Crippen molar-refractivity contribution in [2.75, 3.05) is 19.7 Å². The topological polar surface area (TPSA) is 46.8 Å². The van der Waals surface area contributed by atoms with Crippen LogP contribution in [0.15, 0.2) is 65.1 Å². The van der Waals surface area contributed by atoms with Gasteiger partial charge in [-0.25, -0.2) is 4.79 Å². The summed E-state index contributed by atoms with van der Waals surface area (Å²) in [4.78, 5) is 19.2. The first-order valence-corrected chi connectivity index (χ1v) is 10.5. The van der Waals surface area contributed by atoms with Crippen molar-refractivity contribution < 1.29 is 9.53 Å². The minimum Gasteiger partial charge on any atom is -0.494 e. The third kappa shape index (κ3) is 4.02. The van der Waals surface area contributed by atoms with E-state index in [1.165, 1.54) is 11.3 Å². The number of nitrogens with zero attached hydrogens (tertiary/aromatic N) is 3. The Morgan fingerprint density at radius 1 is 1.11 bits per heavy atom. The Morgan fingerprint density at radius 2 is 1.89 bits per heavy atom. The molecular weight excluding hydrogens is 370 g/mol. The van der Waals surface area contributed by atoms with Crippen molar-refractivity contribution in [3.05, 3.63) is 64.9 Å². The van der Waals surface area contributed by atoms with Crippen LogP contribution in [0.25, 0.3) is 16.8 Å². The average molecular weight is 394 g/mol. The number of carbonyl (C=O) groups is 1. The molecule has 0 aliphatic carbocycles. The van der Waals surface area contributed by atoms with Crippen molar-refractivity contribution in [1.82, 2.24) is 9.47 Å². The van der Waals surface area contributed by atoms with E-state index < -0.39 is 0 Å². The zero-order valence-electron chi connectivity index (χ0n) is 15.9. The van der Waals surface area contributed by atoms with Gasteiger partial charge in [0.05, 0.1) is 6.61 Å². The van der Waals surface area contributed by atoms with E-state index >= 15 is 0 Å². The maximum absolute atomic E-state index is 12.4. The number of hydrogen-bond acceptors (Lipinski definition) is 3. The van der Waals surface area contributed by atoms with E-state index in [0.717, 1.165) is 48.5 Å². The smallest absolute Gasteiger partial charge is 0.346 e. The summed E-state index contributed by atoms with van der Waals surface area (Å²) in [5, 5.41) is 1.95. The van der Waals surface area contributed by atoms with Gasteiger partial charge in [0.25, 0.3) is 0 Å². The van der Waals surface area contributed by atoms with E-state index in [2.05, 4.69) is 35.3 Å². The molecule has 0 unspecified atom stereocenters. The number of likely N-dealkylation sites (tertiary alicyclic amines) is 1. The first-order valence-electron chi connectivity index (χ1n) is 9.58. The summed E-state index contributed by atoms with van der Waals surface area (Å²) >= 11 is 1.47. The van der Waals surface area contributed by atoms with Crippen molar-refractivity contribution in [2.24, 2.45) is 4.99 Å². The van der Waals surface area contributed by atoms with E-state index in [0.29, 0.717) is 11.4 Å². The largest absolute Gasteiger partial charge is 0.494 e. The van der Waals surface area contributed by atoms with Crippen molar-refractivity contribution in [2.45, 2.75) is 19.8 Å². The van der Waals surface area contributed by atoms with Gasteiger partial charge in [-0.15, -0.1) is 11.3 Å². The molecule has 0 atom stereocenters. The van der Waals surface area contributed by atoms with Crippen molar-refractivity contribution in [3.63, 3.8) is 0 Å². The quantitative estimate of drug-likeness (QED) is 0.644. The van der Waals surface area contributed by atoms with Crippen LogP contribution in [-0.4, -0.2) is 35.2 Å². The predicted molar refractivity (Wildman–Crippen MR) is 112 cm³/mol. The van der Waals surface area contributed by atoms with Crippen LogP contribution in [0.3, 0.4) is 0 Å². The van der Waals surface area contributed by atoms with Crippen molar-refractivity contribution >= 4 is 17.4 Å². The minimum atomic E-state index is -0.141. The third-order valence-electron chi connectivity index (χ3n) is 4.78. The summed E-state index contributed by atoms with van der Waals surface area (Å²) in [5.41, 5.74) is 3.22. The van der Waals surface area contributed by atoms with Crippen LogP contribution in [0.4, 0.5) is 4.79 Å². The maximum Gasteiger partial charge on any atom is 0.346 e. The summed E-state index contributed by atoms with van der Waals surface area (Å²) in [7, 11) is 0. The number of urea groups is 1. The number of benzene rings is 2. The molecule has 6 heteroatoms. The highest BCUT2D eigenvalue weighted by Crippen LogP contribution is 2.25. The summed E-state index contributed by atoms with van der Waals surface area (Å²) in [5.74, 6) is 0.873. The second-order valence-electron chi connectivity index (χ2n) is 6.65. The van der Waals surface area contributed by atoms with Gasteiger partial charge in [0.15, 0.2) is 4.80 Å². The van der Waals surface area contributed by atoms with Crippen molar-refractivity contribution in [1.29, 1.82) is 0 Å². The molecular formula is C22H23N3O2S. The van der Waals surface area contributed by atoms with Crippen LogP contribution in [0.1, 0.15) is 19.8 Å². The highest BCUT2D eigenvalue weighted by molar-refractivity contribution is 7.07. The first kappa shape index (κ1) is 18.5. The normalized spacial score (nSPS) is 14.5. The lowest BCUT2D eigenvalue weighted by Gasteiger charge is -2.11. The Balaban J connectivity index is 1.59. The third-order valence-corrected chi connectivity index (χ3v) is 5.54. The van der Waals surface area contributed by atoms with E-state index in [9.17, 15) is 4.79 Å². The van der Waals surface area contributed by atoms with E-state index in [1.54, 1.807) is 0 Å². The van der Waals surface area contributed by atoms with Gasteiger partial charge in [0.1, 0.15) is 5.75 Å². The lowest BCUT2D eigenvalue weighted by atomic mass is 10.1. The van der Waals surface area contributed by atoms with Crippen LogP contribution in [0, 0.1) is 0 Å². The Kier molecular flexibility index (Phi) is 5.58. The molecule has 144 valence electrons. The second-order valence-corrected chi connectivity index (χ2v) is 7.52. The number of aromatic nitrogens is 1. The summed E-state index contributed by atoms with van der Waals surface area (Å²) in [6.07, 6.45) is 4.08. The second kappa shape index (κ2) is 8.44. The number of hydrogen-bond donors (Lipinski definition) is 0. The monoisotopic (exact) mass is 393 g/mol. The molecule has 1 aliphatic rings. The number of thiazole rings is 1. The maximum atomic E-state index is 12.4. The number of rotatable bonds is 4. The molecule has 3 aromatic rings. The summed E-state index contributed by atoms with van der Waals surface area (Å²) in [6, 6.07) is 16.2. The van der Waals surface area contributed by atoms with Gasteiger partial charge >= 0.3 is 6.03 Å². The minimum absolute atomic E-state index is 0.141. The zero-order chi connectivity index (χ0) is 19.3. The Morgan fingerprint density at radius 3 is 2.64 bits per heavy atom. The molecule has 4 rings (SSSR count). The highest BCUT2D eigenvalue weighted by atomic mass is 32.1. The highest BCUT2D eigenvalue weighted by Gasteiger charge is 2.17. The fourth-order valence-corrected chi connectivity index (χ4v) is 4.07. The molecule has 2 amide bonds. The summed E-state index contributed by atoms with van der Waals surface area (Å²) in [6.45, 7) is 4.25. The predicted octanol–water partition coefficient (Wildman–Crippen LogP) is 4.72. The van der Waals surface area contributed by atoms with E-state index in [1.807, 2.05) is 46.2 Å². The van der Waals surface area contributed by atoms with Gasteiger partial charge in [-0.2, -0.15) is 4.99 Å². The Labute approximate surface area is 168 Å². The van der Waals surface area contributed by atoms with Gasteiger partial charge < -0.3 is 9.64 Å². The van der Waals surface area contributed by atoms with Crippen LogP contribution in [-0.2, 0) is 0 Å². The van der Waals surface area contributed by atoms with Gasteiger partial charge in [0, 0.05) is 30.4 Å². The van der Waals surface area contributed by atoms with Gasteiger partial charge in [-0.1, -0.05) is 24.3 Å². The SMILES string of the molecule is CCOc1cccc(-c2ccc(-n3ccs/c3=N\C(=O)N3CCCC3)cc2)c1. The van der Waals surface area contributed by atoms with E-state index in [-0.39, 0.29) is 6.03 Å². The molecule has 2 aromatic carbocycles. The molecule has 0 spiro atoms. The molecule has 0 bridgehead atoms. The number of ether oxygens (including phenoxy) is 1. The molecule has 1 saturated heterocycles. The van der Waals surface area contributed by atoms with E-state index in [4.69, 9.17) is 4.74 Å². The van der Waals surface area contributed by atoms with Gasteiger partial charge in [-0.3, -0.25) is 4.57 Å². The first-order chi connectivity index (χ1) is 13.7. The van der Waals surface area contributed by atoms with Gasteiger partial charge in [-0.05, 0) is 55.2 Å². The van der Waals surface area contributed by atoms with Crippen LogP contribution in [0.5, 0.6) is 5.75 Å². The molecule has 2 heterocycles.